The summed E-state index contributed by atoms with van der Waals surface area (Å²) in [5.41, 5.74) is 0.260. The van der Waals surface area contributed by atoms with Gasteiger partial charge < -0.3 is 10.1 Å². The normalized spacial score (nSPS) is 11.2. The van der Waals surface area contributed by atoms with E-state index >= 15 is 0 Å². The van der Waals surface area contributed by atoms with Gasteiger partial charge in [0, 0.05) is 22.0 Å². The number of amides is 1. The van der Waals surface area contributed by atoms with E-state index < -0.39 is 10.0 Å². The quantitative estimate of drug-likeness (QED) is 0.487. The molecule has 1 aromatic heterocycles. The summed E-state index contributed by atoms with van der Waals surface area (Å²) in [6.45, 7) is 0.751. The van der Waals surface area contributed by atoms with Gasteiger partial charge in [-0.3, -0.25) is 4.79 Å². The molecule has 0 aliphatic carbocycles. The van der Waals surface area contributed by atoms with Crippen LogP contribution in [0.4, 0.5) is 0 Å². The lowest BCUT2D eigenvalue weighted by molar-refractivity contribution is 0.0947. The van der Waals surface area contributed by atoms with Crippen LogP contribution in [0.3, 0.4) is 0 Å². The maximum Gasteiger partial charge on any atom is 0.251 e. The van der Waals surface area contributed by atoms with Crippen molar-refractivity contribution in [3.63, 3.8) is 0 Å². The summed E-state index contributed by atoms with van der Waals surface area (Å²) in [5.74, 6) is 0.272. The maximum absolute atomic E-state index is 12.5. The molecule has 0 aliphatic heterocycles. The van der Waals surface area contributed by atoms with Gasteiger partial charge in [0.1, 0.15) is 12.4 Å². The van der Waals surface area contributed by atoms with Gasteiger partial charge in [-0.15, -0.1) is 11.3 Å². The Morgan fingerprint density at radius 3 is 2.59 bits per heavy atom. The molecule has 3 aromatic rings. The first-order valence-corrected chi connectivity index (χ1v) is 11.5. The molecule has 1 amide bonds. The van der Waals surface area contributed by atoms with Crippen molar-refractivity contribution in [1.29, 1.82) is 0 Å². The summed E-state index contributed by atoms with van der Waals surface area (Å²) >= 11 is 7.28. The van der Waals surface area contributed by atoms with Crippen LogP contribution in [0, 0.1) is 0 Å². The second-order valence-electron chi connectivity index (χ2n) is 5.99. The number of rotatable bonds is 9. The summed E-state index contributed by atoms with van der Waals surface area (Å²) in [4.78, 5) is 13.3. The lowest BCUT2D eigenvalue weighted by Crippen LogP contribution is -2.28. The number of nitrogens with one attached hydrogen (secondary N) is 2. The molecule has 0 saturated carbocycles. The summed E-state index contributed by atoms with van der Waals surface area (Å²) in [6, 6.07) is 16.5. The van der Waals surface area contributed by atoms with E-state index in [4.69, 9.17) is 16.3 Å². The number of benzene rings is 2. The maximum atomic E-state index is 12.5. The highest BCUT2D eigenvalue weighted by Crippen LogP contribution is 2.16. The minimum Gasteiger partial charge on any atom is -0.492 e. The van der Waals surface area contributed by atoms with E-state index in [0.29, 0.717) is 10.8 Å². The van der Waals surface area contributed by atoms with Crippen LogP contribution in [0.1, 0.15) is 15.2 Å². The van der Waals surface area contributed by atoms with Crippen molar-refractivity contribution >= 4 is 38.9 Å². The van der Waals surface area contributed by atoms with Crippen molar-refractivity contribution in [3.8, 4) is 5.75 Å². The van der Waals surface area contributed by atoms with Gasteiger partial charge in [-0.1, -0.05) is 23.7 Å². The van der Waals surface area contributed by atoms with E-state index in [1.165, 1.54) is 23.5 Å². The average Bonchev–Trinajstić information content (AvgIpc) is 3.25. The van der Waals surface area contributed by atoms with E-state index in [1.807, 2.05) is 17.5 Å². The monoisotopic (exact) mass is 450 g/mol. The molecule has 2 aromatic carbocycles. The van der Waals surface area contributed by atoms with Crippen molar-refractivity contribution in [2.75, 3.05) is 13.2 Å². The Balaban J connectivity index is 1.53. The van der Waals surface area contributed by atoms with Gasteiger partial charge in [-0.05, 0) is 53.9 Å². The molecule has 152 valence electrons. The zero-order chi connectivity index (χ0) is 20.7. The Morgan fingerprint density at radius 1 is 1.07 bits per heavy atom. The van der Waals surface area contributed by atoms with Crippen LogP contribution in [0.2, 0.25) is 5.02 Å². The van der Waals surface area contributed by atoms with Crippen LogP contribution < -0.4 is 14.8 Å². The molecule has 1 heterocycles. The smallest absolute Gasteiger partial charge is 0.251 e. The van der Waals surface area contributed by atoms with E-state index in [9.17, 15) is 13.2 Å². The average molecular weight is 451 g/mol. The molecule has 29 heavy (non-hydrogen) atoms. The van der Waals surface area contributed by atoms with Gasteiger partial charge in [0.05, 0.1) is 11.4 Å². The number of sulfonamides is 1. The Hall–Kier alpha value is -2.39. The zero-order valence-electron chi connectivity index (χ0n) is 15.3. The molecule has 0 unspecified atom stereocenters. The number of hydrogen-bond acceptors (Lipinski definition) is 5. The van der Waals surface area contributed by atoms with Crippen LogP contribution in [0.15, 0.2) is 70.9 Å². The minimum atomic E-state index is -3.72. The van der Waals surface area contributed by atoms with E-state index in [1.54, 1.807) is 36.4 Å². The SMILES string of the molecule is O=C(NCCOc1ccc(Cl)cc1)c1cccc(S(=O)(=O)NCc2cccs2)c1. The highest BCUT2D eigenvalue weighted by Gasteiger charge is 2.16. The van der Waals surface area contributed by atoms with E-state index in [2.05, 4.69) is 10.0 Å². The first-order chi connectivity index (χ1) is 13.9. The number of ether oxygens (including phenoxy) is 1. The number of hydrogen-bond donors (Lipinski definition) is 2. The Labute approximate surface area is 178 Å². The molecule has 3 rings (SSSR count). The molecule has 0 radical (unpaired) electrons. The standard InChI is InChI=1S/C20H19ClN2O4S2/c21-16-6-8-17(9-7-16)27-11-10-22-20(24)15-3-1-5-19(13-15)29(25,26)23-14-18-4-2-12-28-18/h1-9,12-13,23H,10-11,14H2,(H,22,24). The van der Waals surface area contributed by atoms with Crippen molar-refractivity contribution < 1.29 is 17.9 Å². The molecule has 9 heteroatoms. The molecule has 2 N–H and O–H groups in total. The largest absolute Gasteiger partial charge is 0.492 e. The number of carbonyl (C=O) groups excluding carboxylic acids is 1. The summed E-state index contributed by atoms with van der Waals surface area (Å²) in [7, 11) is -3.72. The van der Waals surface area contributed by atoms with Gasteiger partial charge >= 0.3 is 0 Å². The van der Waals surface area contributed by atoms with Gasteiger partial charge in [-0.25, -0.2) is 13.1 Å². The second kappa shape index (κ2) is 9.89. The third kappa shape index (κ3) is 6.30. The van der Waals surface area contributed by atoms with Crippen LogP contribution in [0.25, 0.3) is 0 Å². The Kier molecular flexibility index (Phi) is 7.27. The minimum absolute atomic E-state index is 0.0409. The van der Waals surface area contributed by atoms with Crippen molar-refractivity contribution in [1.82, 2.24) is 10.0 Å². The Morgan fingerprint density at radius 2 is 1.86 bits per heavy atom. The highest BCUT2D eigenvalue weighted by molar-refractivity contribution is 7.89. The molecule has 0 bridgehead atoms. The van der Waals surface area contributed by atoms with Gasteiger partial charge in [-0.2, -0.15) is 0 Å². The predicted octanol–water partition coefficient (Wildman–Crippen LogP) is 3.69. The topological polar surface area (TPSA) is 84.5 Å². The highest BCUT2D eigenvalue weighted by atomic mass is 35.5. The fraction of sp³-hybridized carbons (Fsp3) is 0.150. The van der Waals surface area contributed by atoms with Gasteiger partial charge in [0.2, 0.25) is 10.0 Å². The molecule has 6 nitrogen and oxygen atoms in total. The lowest BCUT2D eigenvalue weighted by Gasteiger charge is -2.10. The van der Waals surface area contributed by atoms with E-state index in [0.717, 1.165) is 4.88 Å². The predicted molar refractivity (Wildman–Crippen MR) is 114 cm³/mol. The molecule has 0 fully saturated rings. The number of halogens is 1. The molecular formula is C20H19ClN2O4S2. The third-order valence-corrected chi connectivity index (χ3v) is 6.42. The first kappa shape index (κ1) is 21.3. The fourth-order valence-corrected chi connectivity index (χ4v) is 4.35. The van der Waals surface area contributed by atoms with Crippen molar-refractivity contribution in [2.24, 2.45) is 0 Å². The van der Waals surface area contributed by atoms with Crippen molar-refractivity contribution in [2.45, 2.75) is 11.4 Å². The van der Waals surface area contributed by atoms with Crippen LogP contribution in [0.5, 0.6) is 5.75 Å². The van der Waals surface area contributed by atoms with E-state index in [-0.39, 0.29) is 36.1 Å². The first-order valence-electron chi connectivity index (χ1n) is 8.73. The summed E-state index contributed by atoms with van der Waals surface area (Å²) in [5, 5.41) is 5.21. The molecule has 0 aliphatic rings. The van der Waals surface area contributed by atoms with Crippen LogP contribution in [-0.4, -0.2) is 27.5 Å². The zero-order valence-corrected chi connectivity index (χ0v) is 17.7. The molecule has 0 atom stereocenters. The third-order valence-electron chi connectivity index (χ3n) is 3.89. The van der Waals surface area contributed by atoms with Crippen LogP contribution >= 0.6 is 22.9 Å². The fourth-order valence-electron chi connectivity index (χ4n) is 2.43. The molecule has 0 saturated heterocycles. The second-order valence-corrected chi connectivity index (χ2v) is 9.23. The summed E-state index contributed by atoms with van der Waals surface area (Å²) in [6.07, 6.45) is 0. The van der Waals surface area contributed by atoms with Gasteiger partial charge in [0.15, 0.2) is 0 Å². The lowest BCUT2D eigenvalue weighted by atomic mass is 10.2. The van der Waals surface area contributed by atoms with Crippen LogP contribution in [-0.2, 0) is 16.6 Å². The van der Waals surface area contributed by atoms with Crippen molar-refractivity contribution in [3.05, 3.63) is 81.5 Å². The van der Waals surface area contributed by atoms with Gasteiger partial charge in [0.25, 0.3) is 5.91 Å². The number of thiophene rings is 1. The molecule has 0 spiro atoms. The number of carbonyl (C=O) groups is 1. The molecular weight excluding hydrogens is 432 g/mol. The Bertz CT molecular complexity index is 1050. The summed E-state index contributed by atoms with van der Waals surface area (Å²) < 4.78 is 33.0.